The highest BCUT2D eigenvalue weighted by Gasteiger charge is 2.16. The summed E-state index contributed by atoms with van der Waals surface area (Å²) in [6, 6.07) is 18.7. The third-order valence-electron chi connectivity index (χ3n) is 4.94. The fourth-order valence-electron chi connectivity index (χ4n) is 3.28. The van der Waals surface area contributed by atoms with Crippen LogP contribution in [-0.2, 0) is 19.6 Å². The second-order valence-electron chi connectivity index (χ2n) is 7.55. The lowest BCUT2D eigenvalue weighted by molar-refractivity contribution is 0.0992. The summed E-state index contributed by atoms with van der Waals surface area (Å²) in [4.78, 5) is 12.6. The Hall–Kier alpha value is -3.22. The molecule has 0 aliphatic carbocycles. The third kappa shape index (κ3) is 6.18. The Labute approximate surface area is 202 Å². The minimum absolute atomic E-state index is 0.148. The van der Waals surface area contributed by atoms with Crippen LogP contribution in [0.4, 0.5) is 5.82 Å². The van der Waals surface area contributed by atoms with Gasteiger partial charge in [-0.3, -0.25) is 9.48 Å². The number of anilines is 1. The maximum absolute atomic E-state index is 12.6. The van der Waals surface area contributed by atoms with Crippen molar-refractivity contribution in [1.82, 2.24) is 9.78 Å². The number of nitrogens with zero attached hydrogens (tertiary/aromatic N) is 2. The first-order valence-corrected chi connectivity index (χ1v) is 11.3. The van der Waals surface area contributed by atoms with Gasteiger partial charge < -0.3 is 14.5 Å². The van der Waals surface area contributed by atoms with Crippen LogP contribution in [0, 0.1) is 0 Å². The van der Waals surface area contributed by atoms with Crippen molar-refractivity contribution in [1.29, 1.82) is 0 Å². The van der Waals surface area contributed by atoms with Gasteiger partial charge >= 0.3 is 0 Å². The zero-order valence-corrected chi connectivity index (χ0v) is 19.6. The summed E-state index contributed by atoms with van der Waals surface area (Å²) in [6.45, 7) is 2.86. The van der Waals surface area contributed by atoms with Gasteiger partial charge in [0.25, 0.3) is 5.91 Å². The normalized spacial score (nSPS) is 10.9. The summed E-state index contributed by atoms with van der Waals surface area (Å²) in [5.41, 5.74) is 2.28. The van der Waals surface area contributed by atoms with E-state index in [4.69, 9.17) is 32.4 Å². The number of carbonyl (C=O) groups excluding carboxylic acids is 1. The Morgan fingerprint density at radius 3 is 2.48 bits per heavy atom. The van der Waals surface area contributed by atoms with Crippen molar-refractivity contribution in [2.45, 2.75) is 32.9 Å². The van der Waals surface area contributed by atoms with Gasteiger partial charge in [0.05, 0.1) is 6.54 Å². The first kappa shape index (κ1) is 23.0. The monoisotopic (exact) mass is 483 g/mol. The number of ether oxygens (including phenoxy) is 1. The van der Waals surface area contributed by atoms with Crippen LogP contribution in [0.15, 0.2) is 71.3 Å². The quantitative estimate of drug-likeness (QED) is 0.290. The molecule has 0 aliphatic heterocycles. The van der Waals surface area contributed by atoms with E-state index in [1.54, 1.807) is 23.0 Å². The molecule has 0 atom stereocenters. The molecule has 0 saturated heterocycles. The van der Waals surface area contributed by atoms with Gasteiger partial charge in [-0.05, 0) is 53.9 Å². The molecule has 0 saturated carbocycles. The van der Waals surface area contributed by atoms with E-state index < -0.39 is 5.91 Å². The Bertz CT molecular complexity index is 1210. The van der Waals surface area contributed by atoms with Crippen molar-refractivity contribution in [3.8, 4) is 5.75 Å². The van der Waals surface area contributed by atoms with Crippen LogP contribution in [-0.4, -0.2) is 15.7 Å². The van der Waals surface area contributed by atoms with Crippen molar-refractivity contribution < 1.29 is 13.9 Å². The van der Waals surface area contributed by atoms with E-state index in [0.29, 0.717) is 22.4 Å². The number of aryl methyl sites for hydroxylation is 1. The molecular formula is C25H23Cl2N3O3. The number of hydrogen-bond acceptors (Lipinski definition) is 4. The molecule has 4 aromatic rings. The molecule has 2 heterocycles. The second kappa shape index (κ2) is 10.6. The van der Waals surface area contributed by atoms with E-state index >= 15 is 0 Å². The van der Waals surface area contributed by atoms with Crippen molar-refractivity contribution in [3.05, 3.63) is 99.6 Å². The molecule has 6 nitrogen and oxygen atoms in total. The molecule has 33 heavy (non-hydrogen) atoms. The Morgan fingerprint density at radius 1 is 1.03 bits per heavy atom. The minimum Gasteiger partial charge on any atom is -0.486 e. The van der Waals surface area contributed by atoms with Crippen LogP contribution in [0.5, 0.6) is 5.75 Å². The number of carbonyl (C=O) groups is 1. The van der Waals surface area contributed by atoms with Gasteiger partial charge in [-0.25, -0.2) is 0 Å². The smallest absolute Gasteiger partial charge is 0.292 e. The summed E-state index contributed by atoms with van der Waals surface area (Å²) in [6.07, 6.45) is 3.80. The molecule has 2 aromatic heterocycles. The van der Waals surface area contributed by atoms with Gasteiger partial charge in [-0.2, -0.15) is 5.10 Å². The number of benzene rings is 2. The van der Waals surface area contributed by atoms with E-state index in [1.807, 2.05) is 36.4 Å². The van der Waals surface area contributed by atoms with Gasteiger partial charge in [0.15, 0.2) is 11.6 Å². The molecule has 1 amide bonds. The highest BCUT2D eigenvalue weighted by atomic mass is 35.5. The van der Waals surface area contributed by atoms with Crippen LogP contribution in [0.3, 0.4) is 0 Å². The zero-order chi connectivity index (χ0) is 23.2. The van der Waals surface area contributed by atoms with Gasteiger partial charge in [-0.1, -0.05) is 60.8 Å². The van der Waals surface area contributed by atoms with Crippen LogP contribution >= 0.6 is 23.2 Å². The molecule has 1 N–H and O–H groups in total. The van der Waals surface area contributed by atoms with Crippen molar-refractivity contribution >= 4 is 34.9 Å². The molecule has 0 fully saturated rings. The SMILES string of the molecule is CCCc1ccc(OCc2ccc(C(=O)Nc3nn(Cc4ccc(Cl)cc4)cc3Cl)o2)cc1. The molecule has 8 heteroatoms. The predicted molar refractivity (Wildman–Crippen MR) is 129 cm³/mol. The number of halogens is 2. The molecular weight excluding hydrogens is 461 g/mol. The fourth-order valence-corrected chi connectivity index (χ4v) is 3.61. The van der Waals surface area contributed by atoms with Crippen LogP contribution in [0.1, 0.15) is 40.8 Å². The first-order chi connectivity index (χ1) is 16.0. The average molecular weight is 484 g/mol. The zero-order valence-electron chi connectivity index (χ0n) is 18.1. The standard InChI is InChI=1S/C25H23Cl2N3O3/c1-2-3-17-6-10-20(11-7-17)32-16-21-12-13-23(33-21)25(31)28-24-22(27)15-30(29-24)14-18-4-8-19(26)9-5-18/h4-13,15H,2-3,14,16H2,1H3,(H,28,29,31). The number of furan rings is 1. The van der Waals surface area contributed by atoms with Gasteiger partial charge in [0, 0.05) is 11.2 Å². The maximum atomic E-state index is 12.6. The second-order valence-corrected chi connectivity index (χ2v) is 8.40. The lowest BCUT2D eigenvalue weighted by Crippen LogP contribution is -2.12. The molecule has 170 valence electrons. The number of hydrogen-bond donors (Lipinski definition) is 1. The summed E-state index contributed by atoms with van der Waals surface area (Å²) in [5, 5.41) is 8.04. The molecule has 0 aliphatic rings. The number of nitrogens with one attached hydrogen (secondary N) is 1. The van der Waals surface area contributed by atoms with Crippen molar-refractivity contribution in [2.24, 2.45) is 0 Å². The third-order valence-corrected chi connectivity index (χ3v) is 5.46. The topological polar surface area (TPSA) is 69.3 Å². The number of rotatable bonds is 9. The van der Waals surface area contributed by atoms with Gasteiger partial charge in [0.1, 0.15) is 23.1 Å². The lowest BCUT2D eigenvalue weighted by atomic mass is 10.1. The summed E-state index contributed by atoms with van der Waals surface area (Å²) < 4.78 is 13.0. The molecule has 0 bridgehead atoms. The molecule has 0 spiro atoms. The van der Waals surface area contributed by atoms with Crippen molar-refractivity contribution in [2.75, 3.05) is 5.32 Å². The summed E-state index contributed by atoms with van der Waals surface area (Å²) in [5.74, 6) is 1.25. The highest BCUT2D eigenvalue weighted by molar-refractivity contribution is 6.33. The molecule has 0 unspecified atom stereocenters. The lowest BCUT2D eigenvalue weighted by Gasteiger charge is -2.05. The average Bonchev–Trinajstić information content (AvgIpc) is 3.42. The van der Waals surface area contributed by atoms with Crippen LogP contribution < -0.4 is 10.1 Å². The van der Waals surface area contributed by atoms with E-state index in [9.17, 15) is 4.79 Å². The molecule has 2 aromatic carbocycles. The maximum Gasteiger partial charge on any atom is 0.292 e. The van der Waals surface area contributed by atoms with E-state index in [0.717, 1.165) is 24.2 Å². The number of amides is 1. The first-order valence-electron chi connectivity index (χ1n) is 10.6. The van der Waals surface area contributed by atoms with Gasteiger partial charge in [0.2, 0.25) is 0 Å². The van der Waals surface area contributed by atoms with Crippen LogP contribution in [0.2, 0.25) is 10.0 Å². The fraction of sp³-hybridized carbons (Fsp3) is 0.200. The van der Waals surface area contributed by atoms with Crippen molar-refractivity contribution in [3.63, 3.8) is 0 Å². The van der Waals surface area contributed by atoms with E-state index in [2.05, 4.69) is 29.5 Å². The van der Waals surface area contributed by atoms with E-state index in [-0.39, 0.29) is 18.2 Å². The Balaban J connectivity index is 1.33. The largest absolute Gasteiger partial charge is 0.486 e. The molecule has 0 radical (unpaired) electrons. The minimum atomic E-state index is -0.441. The summed E-state index contributed by atoms with van der Waals surface area (Å²) in [7, 11) is 0. The van der Waals surface area contributed by atoms with Gasteiger partial charge in [-0.15, -0.1) is 0 Å². The van der Waals surface area contributed by atoms with Crippen LogP contribution in [0.25, 0.3) is 0 Å². The Kier molecular flexibility index (Phi) is 7.37. The highest BCUT2D eigenvalue weighted by Crippen LogP contribution is 2.22. The molecule has 4 rings (SSSR count). The Morgan fingerprint density at radius 2 is 1.76 bits per heavy atom. The van der Waals surface area contributed by atoms with E-state index in [1.165, 1.54) is 5.56 Å². The number of aromatic nitrogens is 2. The summed E-state index contributed by atoms with van der Waals surface area (Å²) >= 11 is 12.2. The predicted octanol–water partition coefficient (Wildman–Crippen LogP) is 6.62.